The molecule has 0 spiro atoms. The minimum Gasteiger partial charge on any atom is -0.463 e. The van der Waals surface area contributed by atoms with E-state index < -0.39 is 0 Å². The number of nitrogens with zero attached hydrogens (tertiary/aromatic N) is 3. The summed E-state index contributed by atoms with van der Waals surface area (Å²) in [5, 5.41) is 9.56. The number of anilines is 1. The molecule has 128 valence electrons. The lowest BCUT2D eigenvalue weighted by Gasteiger charge is -2.17. The predicted molar refractivity (Wildman–Crippen MR) is 97.7 cm³/mol. The molecule has 0 atom stereocenters. The van der Waals surface area contributed by atoms with Gasteiger partial charge in [0.05, 0.1) is 6.26 Å². The smallest absolute Gasteiger partial charge is 0.152 e. The molecule has 0 aliphatic rings. The lowest BCUT2D eigenvalue weighted by atomic mass is 9.99. The second-order valence-corrected chi connectivity index (χ2v) is 5.22. The average molecular weight is 337 g/mol. The van der Waals surface area contributed by atoms with Crippen LogP contribution >= 0.6 is 0 Å². The second kappa shape index (κ2) is 8.11. The number of halogens is 1. The molecule has 2 aromatic heterocycles. The van der Waals surface area contributed by atoms with Crippen molar-refractivity contribution in [3.8, 4) is 28.7 Å². The van der Waals surface area contributed by atoms with Gasteiger partial charge in [-0.2, -0.15) is 5.26 Å². The van der Waals surface area contributed by atoms with Crippen LogP contribution in [0.2, 0.25) is 0 Å². The standard InChI is InChI=1S/C18H14FN3O.C2H6/c1-22(2)18-14(11-20)13(12-6-3-4-7-15(12)19)10-16(21-18)17-8-5-9-23-17;1-2/h3-10H,1-2H3;1-2H3. The molecule has 0 fully saturated rings. The first-order valence-electron chi connectivity index (χ1n) is 8.03. The second-order valence-electron chi connectivity index (χ2n) is 5.22. The molecule has 0 amide bonds. The molecule has 3 aromatic rings. The molecular formula is C20H20FN3O. The molecular weight excluding hydrogens is 317 g/mol. The third-order valence-electron chi connectivity index (χ3n) is 3.47. The summed E-state index contributed by atoms with van der Waals surface area (Å²) in [6.45, 7) is 4.00. The Bertz CT molecular complexity index is 880. The van der Waals surface area contributed by atoms with Gasteiger partial charge in [-0.15, -0.1) is 0 Å². The van der Waals surface area contributed by atoms with Crippen molar-refractivity contribution in [2.45, 2.75) is 13.8 Å². The Morgan fingerprint density at radius 1 is 1.08 bits per heavy atom. The fourth-order valence-corrected chi connectivity index (χ4v) is 2.41. The summed E-state index contributed by atoms with van der Waals surface area (Å²) < 4.78 is 19.6. The molecule has 5 heteroatoms. The van der Waals surface area contributed by atoms with Gasteiger partial charge in [-0.05, 0) is 24.3 Å². The first-order valence-corrected chi connectivity index (χ1v) is 8.03. The number of benzene rings is 1. The van der Waals surface area contributed by atoms with Crippen LogP contribution in [0.1, 0.15) is 19.4 Å². The van der Waals surface area contributed by atoms with Crippen LogP contribution < -0.4 is 4.90 Å². The van der Waals surface area contributed by atoms with Gasteiger partial charge >= 0.3 is 0 Å². The van der Waals surface area contributed by atoms with Crippen molar-refractivity contribution in [2.24, 2.45) is 0 Å². The summed E-state index contributed by atoms with van der Waals surface area (Å²) in [6.07, 6.45) is 1.55. The lowest BCUT2D eigenvalue weighted by Crippen LogP contribution is -2.13. The number of hydrogen-bond acceptors (Lipinski definition) is 4. The highest BCUT2D eigenvalue weighted by atomic mass is 19.1. The Morgan fingerprint density at radius 3 is 2.36 bits per heavy atom. The van der Waals surface area contributed by atoms with Crippen molar-refractivity contribution in [3.63, 3.8) is 0 Å². The molecule has 3 rings (SSSR count). The van der Waals surface area contributed by atoms with Crippen LogP contribution in [-0.4, -0.2) is 19.1 Å². The van der Waals surface area contributed by atoms with E-state index in [-0.39, 0.29) is 5.82 Å². The molecule has 0 aliphatic carbocycles. The molecule has 0 saturated heterocycles. The van der Waals surface area contributed by atoms with Crippen molar-refractivity contribution in [1.82, 2.24) is 4.98 Å². The lowest BCUT2D eigenvalue weighted by molar-refractivity contribution is 0.580. The largest absolute Gasteiger partial charge is 0.463 e. The van der Waals surface area contributed by atoms with E-state index in [1.54, 1.807) is 61.7 Å². The van der Waals surface area contributed by atoms with E-state index in [0.717, 1.165) is 0 Å². The van der Waals surface area contributed by atoms with E-state index in [2.05, 4.69) is 11.1 Å². The van der Waals surface area contributed by atoms with Crippen molar-refractivity contribution < 1.29 is 8.81 Å². The number of nitriles is 1. The normalized spacial score (nSPS) is 9.76. The summed E-state index contributed by atoms with van der Waals surface area (Å²) in [5.41, 5.74) is 1.74. The zero-order chi connectivity index (χ0) is 18.4. The zero-order valence-electron chi connectivity index (χ0n) is 14.7. The van der Waals surface area contributed by atoms with Crippen molar-refractivity contribution in [2.75, 3.05) is 19.0 Å². The van der Waals surface area contributed by atoms with Gasteiger partial charge in [-0.25, -0.2) is 9.37 Å². The summed E-state index contributed by atoms with van der Waals surface area (Å²) in [5.74, 6) is 0.653. The Hall–Kier alpha value is -3.13. The van der Waals surface area contributed by atoms with Gasteiger partial charge in [-0.1, -0.05) is 32.0 Å². The predicted octanol–water partition coefficient (Wildman–Crippen LogP) is 5.11. The van der Waals surface area contributed by atoms with Crippen LogP contribution in [0.25, 0.3) is 22.6 Å². The highest BCUT2D eigenvalue weighted by Gasteiger charge is 2.19. The maximum Gasteiger partial charge on any atom is 0.152 e. The molecule has 0 aliphatic heterocycles. The van der Waals surface area contributed by atoms with Crippen LogP contribution in [0.15, 0.2) is 53.1 Å². The first-order chi connectivity index (χ1) is 12.1. The van der Waals surface area contributed by atoms with Gasteiger partial charge in [0.15, 0.2) is 5.76 Å². The number of furan rings is 1. The van der Waals surface area contributed by atoms with E-state index >= 15 is 0 Å². The first kappa shape index (κ1) is 18.2. The quantitative estimate of drug-likeness (QED) is 0.666. The highest BCUT2D eigenvalue weighted by Crippen LogP contribution is 2.34. The Balaban J connectivity index is 0.00000109. The van der Waals surface area contributed by atoms with Crippen molar-refractivity contribution in [3.05, 3.63) is 60.1 Å². The van der Waals surface area contributed by atoms with Crippen LogP contribution in [0, 0.1) is 17.1 Å². The molecule has 0 bridgehead atoms. The summed E-state index contributed by atoms with van der Waals surface area (Å²) in [7, 11) is 3.58. The molecule has 25 heavy (non-hydrogen) atoms. The van der Waals surface area contributed by atoms with E-state index in [9.17, 15) is 9.65 Å². The molecule has 1 aromatic carbocycles. The average Bonchev–Trinajstić information content (AvgIpc) is 3.17. The number of pyridine rings is 1. The van der Waals surface area contributed by atoms with E-state index in [1.807, 2.05) is 13.8 Å². The third kappa shape index (κ3) is 3.69. The fourth-order valence-electron chi connectivity index (χ4n) is 2.41. The van der Waals surface area contributed by atoms with Gasteiger partial charge in [0.1, 0.15) is 29.0 Å². The maximum atomic E-state index is 14.2. The summed E-state index contributed by atoms with van der Waals surface area (Å²) >= 11 is 0. The van der Waals surface area contributed by atoms with Crippen LogP contribution in [0.5, 0.6) is 0 Å². The van der Waals surface area contributed by atoms with Gasteiger partial charge in [-0.3, -0.25) is 0 Å². The van der Waals surface area contributed by atoms with Crippen LogP contribution in [0.4, 0.5) is 10.2 Å². The summed E-state index contributed by atoms with van der Waals surface area (Å²) in [6, 6.07) is 13.7. The van der Waals surface area contributed by atoms with Gasteiger partial charge in [0, 0.05) is 25.2 Å². The SMILES string of the molecule is CC.CN(C)c1nc(-c2ccco2)cc(-c2ccccc2F)c1C#N. The minimum atomic E-state index is -0.384. The van der Waals surface area contributed by atoms with E-state index in [4.69, 9.17) is 4.42 Å². The Morgan fingerprint density at radius 2 is 1.80 bits per heavy atom. The number of rotatable bonds is 3. The molecule has 0 unspecified atom stereocenters. The van der Waals surface area contributed by atoms with Crippen LogP contribution in [-0.2, 0) is 0 Å². The fraction of sp³-hybridized carbons (Fsp3) is 0.200. The molecule has 0 N–H and O–H groups in total. The molecule has 2 heterocycles. The minimum absolute atomic E-state index is 0.329. The zero-order valence-corrected chi connectivity index (χ0v) is 14.7. The van der Waals surface area contributed by atoms with E-state index in [1.165, 1.54) is 6.07 Å². The topological polar surface area (TPSA) is 53.1 Å². The van der Waals surface area contributed by atoms with Gasteiger partial charge in [0.25, 0.3) is 0 Å². The molecule has 0 saturated carbocycles. The van der Waals surface area contributed by atoms with E-state index in [0.29, 0.717) is 34.0 Å². The highest BCUT2D eigenvalue weighted by molar-refractivity contribution is 5.80. The Kier molecular flexibility index (Phi) is 5.91. The summed E-state index contributed by atoms with van der Waals surface area (Å²) in [4.78, 5) is 6.22. The maximum absolute atomic E-state index is 14.2. The van der Waals surface area contributed by atoms with Crippen LogP contribution in [0.3, 0.4) is 0 Å². The monoisotopic (exact) mass is 337 g/mol. The van der Waals surface area contributed by atoms with Gasteiger partial charge in [0.2, 0.25) is 0 Å². The van der Waals surface area contributed by atoms with Gasteiger partial charge < -0.3 is 9.32 Å². The number of aromatic nitrogens is 1. The van der Waals surface area contributed by atoms with Crippen molar-refractivity contribution >= 4 is 5.82 Å². The van der Waals surface area contributed by atoms with Crippen molar-refractivity contribution in [1.29, 1.82) is 5.26 Å². The Labute approximate surface area is 147 Å². The number of hydrogen-bond donors (Lipinski definition) is 0. The molecule has 0 radical (unpaired) electrons. The molecule has 4 nitrogen and oxygen atoms in total. The third-order valence-corrected chi connectivity index (χ3v) is 3.47.